The average molecular weight is 444 g/mol. The first-order valence-corrected chi connectivity index (χ1v) is 10.9. The molecule has 3 amide bonds. The van der Waals surface area contributed by atoms with Crippen LogP contribution in [0.5, 0.6) is 11.5 Å². The highest BCUT2D eigenvalue weighted by molar-refractivity contribution is 6.06. The molecule has 0 unspecified atom stereocenters. The van der Waals surface area contributed by atoms with E-state index in [0.717, 1.165) is 31.6 Å². The van der Waals surface area contributed by atoms with Gasteiger partial charge in [0.2, 0.25) is 6.79 Å². The number of urea groups is 1. The number of amides is 3. The SMILES string of the molecule is O=C(Nc1ccc2c(c1)OCO2)Nc1cc(NC(=O)c2ccccc2)ccc1N1CCCC1. The second-order valence-electron chi connectivity index (χ2n) is 7.89. The summed E-state index contributed by atoms with van der Waals surface area (Å²) in [6.45, 7) is 2.02. The Labute approximate surface area is 191 Å². The molecule has 5 rings (SSSR count). The smallest absolute Gasteiger partial charge is 0.323 e. The van der Waals surface area contributed by atoms with Crippen LogP contribution >= 0.6 is 0 Å². The number of carbonyl (C=O) groups excluding carboxylic acids is 2. The first kappa shape index (κ1) is 20.7. The van der Waals surface area contributed by atoms with Crippen LogP contribution in [0, 0.1) is 0 Å². The summed E-state index contributed by atoms with van der Waals surface area (Å²) >= 11 is 0. The fourth-order valence-electron chi connectivity index (χ4n) is 4.00. The number of rotatable bonds is 5. The number of benzene rings is 3. The molecule has 0 bridgehead atoms. The molecular weight excluding hydrogens is 420 g/mol. The van der Waals surface area contributed by atoms with Gasteiger partial charge in [0.05, 0.1) is 11.4 Å². The van der Waals surface area contributed by atoms with Crippen molar-refractivity contribution in [1.29, 1.82) is 0 Å². The number of anilines is 4. The summed E-state index contributed by atoms with van der Waals surface area (Å²) in [7, 11) is 0. The Hall–Kier alpha value is -4.20. The van der Waals surface area contributed by atoms with Crippen molar-refractivity contribution in [2.75, 3.05) is 40.7 Å². The second-order valence-corrected chi connectivity index (χ2v) is 7.89. The van der Waals surface area contributed by atoms with E-state index >= 15 is 0 Å². The molecule has 8 heteroatoms. The van der Waals surface area contributed by atoms with Crippen molar-refractivity contribution < 1.29 is 19.1 Å². The number of ether oxygens (including phenoxy) is 2. The van der Waals surface area contributed by atoms with E-state index < -0.39 is 0 Å². The lowest BCUT2D eigenvalue weighted by atomic mass is 10.2. The maximum absolute atomic E-state index is 12.8. The maximum atomic E-state index is 12.8. The monoisotopic (exact) mass is 444 g/mol. The molecule has 1 fully saturated rings. The lowest BCUT2D eigenvalue weighted by Crippen LogP contribution is -2.24. The van der Waals surface area contributed by atoms with Crippen LogP contribution in [0.25, 0.3) is 0 Å². The van der Waals surface area contributed by atoms with Gasteiger partial charge in [0.15, 0.2) is 11.5 Å². The third kappa shape index (κ3) is 4.69. The van der Waals surface area contributed by atoms with Crippen LogP contribution in [0.15, 0.2) is 66.7 Å². The number of fused-ring (bicyclic) bond motifs is 1. The van der Waals surface area contributed by atoms with Crippen molar-refractivity contribution in [1.82, 2.24) is 0 Å². The molecule has 0 aliphatic carbocycles. The van der Waals surface area contributed by atoms with E-state index in [9.17, 15) is 9.59 Å². The summed E-state index contributed by atoms with van der Waals surface area (Å²) in [6, 6.07) is 19.4. The van der Waals surface area contributed by atoms with E-state index in [0.29, 0.717) is 34.1 Å². The van der Waals surface area contributed by atoms with Crippen molar-refractivity contribution in [3.63, 3.8) is 0 Å². The van der Waals surface area contributed by atoms with Crippen molar-refractivity contribution in [3.8, 4) is 11.5 Å². The van der Waals surface area contributed by atoms with Gasteiger partial charge < -0.3 is 30.3 Å². The molecule has 8 nitrogen and oxygen atoms in total. The largest absolute Gasteiger partial charge is 0.454 e. The number of hydrogen-bond acceptors (Lipinski definition) is 5. The summed E-state index contributed by atoms with van der Waals surface area (Å²) in [5.74, 6) is 1.04. The average Bonchev–Trinajstić information content (AvgIpc) is 3.52. The third-order valence-electron chi connectivity index (χ3n) is 5.62. The quantitative estimate of drug-likeness (QED) is 0.520. The molecule has 3 aromatic carbocycles. The lowest BCUT2D eigenvalue weighted by molar-refractivity contribution is 0.102. The first-order valence-electron chi connectivity index (χ1n) is 10.9. The minimum Gasteiger partial charge on any atom is -0.454 e. The number of nitrogens with zero attached hydrogens (tertiary/aromatic N) is 1. The molecule has 0 spiro atoms. The van der Waals surface area contributed by atoms with Gasteiger partial charge in [-0.3, -0.25) is 4.79 Å². The van der Waals surface area contributed by atoms with Crippen LogP contribution in [-0.2, 0) is 0 Å². The van der Waals surface area contributed by atoms with Gasteiger partial charge in [-0.15, -0.1) is 0 Å². The Morgan fingerprint density at radius 1 is 0.758 bits per heavy atom. The predicted molar refractivity (Wildman–Crippen MR) is 127 cm³/mol. The molecule has 2 aliphatic heterocycles. The van der Waals surface area contributed by atoms with Gasteiger partial charge >= 0.3 is 6.03 Å². The maximum Gasteiger partial charge on any atom is 0.323 e. The highest BCUT2D eigenvalue weighted by atomic mass is 16.7. The van der Waals surface area contributed by atoms with Crippen molar-refractivity contribution in [3.05, 3.63) is 72.3 Å². The van der Waals surface area contributed by atoms with Crippen LogP contribution in [0.3, 0.4) is 0 Å². The molecule has 33 heavy (non-hydrogen) atoms. The highest BCUT2D eigenvalue weighted by Crippen LogP contribution is 2.35. The Morgan fingerprint density at radius 2 is 1.48 bits per heavy atom. The number of hydrogen-bond donors (Lipinski definition) is 3. The van der Waals surface area contributed by atoms with E-state index in [4.69, 9.17) is 9.47 Å². The van der Waals surface area contributed by atoms with Crippen LogP contribution in [0.1, 0.15) is 23.2 Å². The van der Waals surface area contributed by atoms with Gasteiger partial charge in [0.25, 0.3) is 5.91 Å². The van der Waals surface area contributed by atoms with Gasteiger partial charge in [-0.05, 0) is 55.3 Å². The van der Waals surface area contributed by atoms with Gasteiger partial charge in [-0.2, -0.15) is 0 Å². The Balaban J connectivity index is 1.35. The van der Waals surface area contributed by atoms with Crippen LogP contribution in [-0.4, -0.2) is 31.8 Å². The van der Waals surface area contributed by atoms with Crippen molar-refractivity contribution >= 4 is 34.7 Å². The normalized spacial score (nSPS) is 14.1. The van der Waals surface area contributed by atoms with E-state index in [2.05, 4.69) is 20.9 Å². The van der Waals surface area contributed by atoms with E-state index in [1.54, 1.807) is 36.4 Å². The molecule has 0 aromatic heterocycles. The fraction of sp³-hybridized carbons (Fsp3) is 0.200. The van der Waals surface area contributed by atoms with Crippen molar-refractivity contribution in [2.24, 2.45) is 0 Å². The molecule has 1 saturated heterocycles. The molecular formula is C25H24N4O4. The Morgan fingerprint density at radius 3 is 2.30 bits per heavy atom. The van der Waals surface area contributed by atoms with Gasteiger partial charge in [0, 0.05) is 36.1 Å². The summed E-state index contributed by atoms with van der Waals surface area (Å²) in [4.78, 5) is 27.6. The zero-order valence-corrected chi connectivity index (χ0v) is 18.0. The zero-order valence-electron chi connectivity index (χ0n) is 18.0. The molecule has 2 heterocycles. The van der Waals surface area contributed by atoms with Gasteiger partial charge in [-0.1, -0.05) is 18.2 Å². The zero-order chi connectivity index (χ0) is 22.6. The van der Waals surface area contributed by atoms with Crippen LogP contribution in [0.4, 0.5) is 27.5 Å². The highest BCUT2D eigenvalue weighted by Gasteiger charge is 2.19. The third-order valence-corrected chi connectivity index (χ3v) is 5.62. The fourth-order valence-corrected chi connectivity index (χ4v) is 4.00. The molecule has 3 aromatic rings. The summed E-state index contributed by atoms with van der Waals surface area (Å²) < 4.78 is 10.7. The number of nitrogens with one attached hydrogen (secondary N) is 3. The lowest BCUT2D eigenvalue weighted by Gasteiger charge is -2.22. The summed E-state index contributed by atoms with van der Waals surface area (Å²) in [6.07, 6.45) is 2.21. The van der Waals surface area contributed by atoms with Gasteiger partial charge in [0.1, 0.15) is 0 Å². The molecule has 0 radical (unpaired) electrons. The van der Waals surface area contributed by atoms with Gasteiger partial charge in [-0.25, -0.2) is 4.79 Å². The second kappa shape index (κ2) is 9.12. The van der Waals surface area contributed by atoms with E-state index in [1.807, 2.05) is 30.3 Å². The Kier molecular flexibility index (Phi) is 5.72. The Bertz CT molecular complexity index is 1180. The molecule has 0 atom stereocenters. The van der Waals surface area contributed by atoms with E-state index in [-0.39, 0.29) is 18.7 Å². The molecule has 0 saturated carbocycles. The molecule has 168 valence electrons. The van der Waals surface area contributed by atoms with E-state index in [1.165, 1.54) is 0 Å². The number of carbonyl (C=O) groups is 2. The van der Waals surface area contributed by atoms with Crippen LogP contribution < -0.4 is 30.3 Å². The summed E-state index contributed by atoms with van der Waals surface area (Å²) in [5.41, 5.74) is 3.31. The molecule has 2 aliphatic rings. The minimum absolute atomic E-state index is 0.172. The van der Waals surface area contributed by atoms with Crippen molar-refractivity contribution in [2.45, 2.75) is 12.8 Å². The predicted octanol–water partition coefficient (Wildman–Crippen LogP) is 4.91. The topological polar surface area (TPSA) is 91.9 Å². The molecule has 3 N–H and O–H groups in total. The minimum atomic E-state index is -0.388. The van der Waals surface area contributed by atoms with Crippen LogP contribution in [0.2, 0.25) is 0 Å². The first-order chi connectivity index (χ1) is 16.2. The standard InChI is InChI=1S/C25H24N4O4/c30-24(17-6-2-1-3-7-17)26-18-8-10-21(29-12-4-5-13-29)20(14-18)28-25(31)27-19-9-11-22-23(15-19)33-16-32-22/h1-3,6-11,14-15H,4-5,12-13,16H2,(H,26,30)(H2,27,28,31). The summed E-state index contributed by atoms with van der Waals surface area (Å²) in [5, 5.41) is 8.68.